The fourth-order valence-electron chi connectivity index (χ4n) is 16.5. The molecular weight excluding hydrogens is 1420 g/mol. The van der Waals surface area contributed by atoms with Crippen LogP contribution in [0.2, 0.25) is 0 Å². The molecule has 17 unspecified atom stereocenters. The number of carbonyl (C=O) groups is 1. The highest BCUT2D eigenvalue weighted by molar-refractivity contribution is 5.76. The Kier molecular flexibility index (Phi) is 68.3. The van der Waals surface area contributed by atoms with Gasteiger partial charge in [-0.1, -0.05) is 417 Å². The minimum absolute atomic E-state index is 0.241. The Morgan fingerprint density at radius 1 is 0.312 bits per heavy atom. The van der Waals surface area contributed by atoms with E-state index < -0.39 is 124 Å². The van der Waals surface area contributed by atoms with E-state index in [0.717, 1.165) is 38.5 Å². The first-order valence-electron chi connectivity index (χ1n) is 47.6. The van der Waals surface area contributed by atoms with Crippen molar-refractivity contribution in [3.8, 4) is 0 Å². The molecule has 112 heavy (non-hydrogen) atoms. The summed E-state index contributed by atoms with van der Waals surface area (Å²) in [6.07, 6.45) is 66.6. The van der Waals surface area contributed by atoms with E-state index in [1.807, 2.05) is 6.08 Å². The highest BCUT2D eigenvalue weighted by Gasteiger charge is 2.54. The Morgan fingerprint density at radius 3 is 0.893 bits per heavy atom. The second-order valence-electron chi connectivity index (χ2n) is 34.2. The number of nitrogens with one attached hydrogen (secondary N) is 1. The van der Waals surface area contributed by atoms with Crippen LogP contribution in [0.5, 0.6) is 0 Å². The molecule has 0 aromatic rings. The molecule has 3 fully saturated rings. The van der Waals surface area contributed by atoms with Gasteiger partial charge in [0.25, 0.3) is 0 Å². The summed E-state index contributed by atoms with van der Waals surface area (Å²) in [5.74, 6) is -0.275. The van der Waals surface area contributed by atoms with Gasteiger partial charge in [-0.2, -0.15) is 0 Å². The van der Waals surface area contributed by atoms with E-state index in [-0.39, 0.29) is 18.9 Å². The van der Waals surface area contributed by atoms with Gasteiger partial charge in [-0.3, -0.25) is 4.79 Å². The van der Waals surface area contributed by atoms with Gasteiger partial charge in [-0.15, -0.1) is 0 Å². The Balaban J connectivity index is 1.29. The first-order valence-corrected chi connectivity index (χ1v) is 47.6. The predicted octanol–water partition coefficient (Wildman–Crippen LogP) is 18.8. The van der Waals surface area contributed by atoms with Gasteiger partial charge in [0.15, 0.2) is 18.9 Å². The summed E-state index contributed by atoms with van der Waals surface area (Å²) in [7, 11) is 0. The molecule has 19 nitrogen and oxygen atoms in total. The van der Waals surface area contributed by atoms with Crippen molar-refractivity contribution >= 4 is 5.91 Å². The average molecular weight is 1600 g/mol. The molecule has 1 amide bonds. The minimum atomic E-state index is -1.98. The number of aliphatic hydroxyl groups excluding tert-OH is 11. The van der Waals surface area contributed by atoms with Crippen LogP contribution < -0.4 is 5.32 Å². The van der Waals surface area contributed by atoms with Crippen molar-refractivity contribution in [2.24, 2.45) is 0 Å². The molecule has 0 bridgehead atoms. The van der Waals surface area contributed by atoms with Crippen molar-refractivity contribution in [1.82, 2.24) is 5.32 Å². The van der Waals surface area contributed by atoms with E-state index in [1.54, 1.807) is 6.08 Å². The summed E-state index contributed by atoms with van der Waals surface area (Å²) in [5, 5.41) is 121. The maximum absolute atomic E-state index is 13.5. The summed E-state index contributed by atoms with van der Waals surface area (Å²) >= 11 is 0. The first kappa shape index (κ1) is 104. The van der Waals surface area contributed by atoms with Crippen LogP contribution in [0.1, 0.15) is 431 Å². The van der Waals surface area contributed by atoms with Crippen molar-refractivity contribution in [3.63, 3.8) is 0 Å². The van der Waals surface area contributed by atoms with Crippen molar-refractivity contribution in [2.75, 3.05) is 26.4 Å². The Bertz CT molecular complexity index is 2110. The molecular formula is C93H177NO18. The standard InChI is InChI=1S/C93H177NO18/c1-3-5-7-9-11-13-15-17-19-21-23-25-27-29-31-32-33-34-35-36-37-38-39-40-41-42-43-44-45-47-49-51-53-55-57-59-61-63-65-67-69-71-81(99)94-76(77(98)70-68-66-64-62-60-58-56-54-52-50-48-46-30-28-26-24-22-20-18-16-14-12-10-8-6-4-2)75-107-91-87(105)84(102)89(79(73-96)109-91)112-93-88(106)85(103)90(80(74-97)110-93)111-92-86(104)83(101)82(100)78(72-95)108-92/h60,62,68,70,76-80,82-93,95-98,100-106H,3-59,61,63-67,69,71-75H2,1-2H3,(H,94,99)/b62-60+,70-68+. The molecule has 662 valence electrons. The SMILES string of the molecule is CCCCCCCCCCCCCCCCCCCCCC/C=C/CC/C=C/C(O)C(COC1OC(CO)C(OC2OC(CO)C(OC3OC(CO)C(O)C(O)C3O)C(O)C2O)C(O)C1O)NC(=O)CCCCCCCCCCCCCCCCCCCCCCCCCCCCCCCCCCCCCCCCCCC. The Morgan fingerprint density at radius 2 is 0.571 bits per heavy atom. The lowest BCUT2D eigenvalue weighted by Gasteiger charge is -2.48. The highest BCUT2D eigenvalue weighted by atomic mass is 16.8. The van der Waals surface area contributed by atoms with Crippen LogP contribution in [0.15, 0.2) is 24.3 Å². The normalized spacial score (nSPS) is 25.0. The molecule has 0 aromatic heterocycles. The molecule has 0 aliphatic carbocycles. The molecule has 0 spiro atoms. The number of ether oxygens (including phenoxy) is 6. The third kappa shape index (κ3) is 51.0. The number of hydrogen-bond donors (Lipinski definition) is 12. The number of aliphatic hydroxyl groups is 11. The first-order chi connectivity index (χ1) is 54.8. The van der Waals surface area contributed by atoms with Gasteiger partial charge in [0.1, 0.15) is 73.2 Å². The van der Waals surface area contributed by atoms with Crippen LogP contribution in [-0.2, 0) is 33.2 Å². The lowest BCUT2D eigenvalue weighted by Crippen LogP contribution is -2.66. The Hall–Kier alpha value is -1.73. The Labute approximate surface area is 683 Å². The lowest BCUT2D eigenvalue weighted by atomic mass is 9.96. The zero-order valence-electron chi connectivity index (χ0n) is 71.7. The van der Waals surface area contributed by atoms with Gasteiger partial charge in [-0.05, 0) is 32.1 Å². The second-order valence-corrected chi connectivity index (χ2v) is 34.2. The van der Waals surface area contributed by atoms with Crippen LogP contribution in [-0.4, -0.2) is 193 Å². The second kappa shape index (κ2) is 73.2. The molecule has 12 N–H and O–H groups in total. The summed E-state index contributed by atoms with van der Waals surface area (Å²) < 4.78 is 34.5. The summed E-state index contributed by atoms with van der Waals surface area (Å²) in [5.41, 5.74) is 0. The molecule has 3 aliphatic heterocycles. The number of allylic oxidation sites excluding steroid dienone is 3. The highest BCUT2D eigenvalue weighted by Crippen LogP contribution is 2.34. The monoisotopic (exact) mass is 1600 g/mol. The number of rotatable bonds is 79. The zero-order valence-corrected chi connectivity index (χ0v) is 71.7. The quantitative estimate of drug-likeness (QED) is 0.0199. The average Bonchev–Trinajstić information content (AvgIpc) is 0.781. The summed E-state index contributed by atoms with van der Waals surface area (Å²) in [6.45, 7) is 1.80. The summed E-state index contributed by atoms with van der Waals surface area (Å²) in [4.78, 5) is 13.5. The molecule has 3 rings (SSSR count). The third-order valence-corrected chi connectivity index (χ3v) is 24.0. The fraction of sp³-hybridized carbons (Fsp3) is 0.946. The van der Waals surface area contributed by atoms with Gasteiger partial charge < -0.3 is 89.9 Å². The van der Waals surface area contributed by atoms with Crippen molar-refractivity contribution < 1.29 is 89.4 Å². The van der Waals surface area contributed by atoms with Crippen LogP contribution in [0, 0.1) is 0 Å². The van der Waals surface area contributed by atoms with Gasteiger partial charge >= 0.3 is 0 Å². The van der Waals surface area contributed by atoms with Gasteiger partial charge in [0.2, 0.25) is 5.91 Å². The van der Waals surface area contributed by atoms with Gasteiger partial charge in [0.05, 0.1) is 38.6 Å². The lowest BCUT2D eigenvalue weighted by molar-refractivity contribution is -0.379. The maximum atomic E-state index is 13.5. The summed E-state index contributed by atoms with van der Waals surface area (Å²) in [6, 6.07) is -0.989. The number of unbranched alkanes of at least 4 members (excludes halogenated alkanes) is 61. The van der Waals surface area contributed by atoms with Crippen LogP contribution in [0.25, 0.3) is 0 Å². The topological polar surface area (TPSA) is 307 Å². The fourth-order valence-corrected chi connectivity index (χ4v) is 16.5. The molecule has 3 aliphatic rings. The molecule has 3 heterocycles. The van der Waals surface area contributed by atoms with Gasteiger partial charge in [0, 0.05) is 6.42 Å². The minimum Gasteiger partial charge on any atom is -0.394 e. The maximum Gasteiger partial charge on any atom is 0.220 e. The van der Waals surface area contributed by atoms with E-state index in [2.05, 4.69) is 31.3 Å². The molecule has 19 heteroatoms. The number of hydrogen-bond acceptors (Lipinski definition) is 18. The number of carbonyl (C=O) groups excluding carboxylic acids is 1. The van der Waals surface area contributed by atoms with E-state index in [1.165, 1.54) is 360 Å². The van der Waals surface area contributed by atoms with Crippen molar-refractivity contribution in [1.29, 1.82) is 0 Å². The van der Waals surface area contributed by atoms with Crippen LogP contribution in [0.4, 0.5) is 0 Å². The van der Waals surface area contributed by atoms with E-state index in [0.29, 0.717) is 12.8 Å². The van der Waals surface area contributed by atoms with E-state index in [4.69, 9.17) is 28.4 Å². The van der Waals surface area contributed by atoms with E-state index in [9.17, 15) is 61.0 Å². The van der Waals surface area contributed by atoms with Gasteiger partial charge in [-0.25, -0.2) is 0 Å². The molecule has 3 saturated heterocycles. The third-order valence-electron chi connectivity index (χ3n) is 24.0. The molecule has 0 aromatic carbocycles. The molecule has 0 radical (unpaired) electrons. The van der Waals surface area contributed by atoms with Crippen LogP contribution >= 0.6 is 0 Å². The number of amides is 1. The zero-order chi connectivity index (χ0) is 81.0. The predicted molar refractivity (Wildman–Crippen MR) is 453 cm³/mol. The largest absolute Gasteiger partial charge is 0.394 e. The van der Waals surface area contributed by atoms with Crippen molar-refractivity contribution in [3.05, 3.63) is 24.3 Å². The molecule has 17 atom stereocenters. The van der Waals surface area contributed by atoms with E-state index >= 15 is 0 Å². The smallest absolute Gasteiger partial charge is 0.220 e. The molecule has 0 saturated carbocycles. The van der Waals surface area contributed by atoms with Crippen molar-refractivity contribution in [2.45, 2.75) is 535 Å². The van der Waals surface area contributed by atoms with Crippen LogP contribution in [0.3, 0.4) is 0 Å².